The molecule has 0 aliphatic rings. The number of carbonyl (C=O) groups is 1. The van der Waals surface area contributed by atoms with E-state index in [2.05, 4.69) is 15.0 Å². The van der Waals surface area contributed by atoms with Gasteiger partial charge in [0.15, 0.2) is 0 Å². The number of aliphatic hydroxyl groups is 1. The van der Waals surface area contributed by atoms with E-state index in [1.54, 1.807) is 36.4 Å². The molecule has 0 fully saturated rings. The molecule has 7 N–H and O–H groups in total. The predicted octanol–water partition coefficient (Wildman–Crippen LogP) is 2.99. The second-order valence-electron chi connectivity index (χ2n) is 5.28. The van der Waals surface area contributed by atoms with Crippen molar-refractivity contribution in [2.45, 2.75) is 6.23 Å². The molecule has 1 atom stereocenters. The highest BCUT2D eigenvalue weighted by Crippen LogP contribution is 2.34. The van der Waals surface area contributed by atoms with Crippen LogP contribution in [0, 0.1) is 0 Å². The fourth-order valence-corrected chi connectivity index (χ4v) is 3.07. The van der Waals surface area contributed by atoms with Crippen molar-refractivity contribution in [2.75, 3.05) is 16.4 Å². The Morgan fingerprint density at radius 2 is 1.76 bits per heavy atom. The molecule has 0 aliphatic carbocycles. The highest BCUT2D eigenvalue weighted by molar-refractivity contribution is 7.10. The van der Waals surface area contributed by atoms with Gasteiger partial charge in [-0.05, 0) is 35.8 Å². The topological polar surface area (TPSA) is 126 Å². The molecule has 25 heavy (non-hydrogen) atoms. The molecule has 0 saturated heterocycles. The minimum absolute atomic E-state index is 0.361. The van der Waals surface area contributed by atoms with Crippen LogP contribution in [-0.4, -0.2) is 15.5 Å². The highest BCUT2D eigenvalue weighted by atomic mass is 32.1. The summed E-state index contributed by atoms with van der Waals surface area (Å²) in [5, 5.41) is 15.6. The van der Waals surface area contributed by atoms with Crippen LogP contribution >= 0.6 is 11.5 Å². The molecule has 0 spiro atoms. The maximum absolute atomic E-state index is 12.1. The standard InChI is InChI=1S/C17H17N5O2S/c18-15(23)13-14(22-25-16(13)19)10-5-4-8-12(9-10)21-17(24)20-11-6-2-1-3-7-11/h1-9,15,23H,18-19H2,(H2,20,21,24). The number of nitrogens with two attached hydrogens (primary N) is 2. The summed E-state index contributed by atoms with van der Waals surface area (Å²) in [6.07, 6.45) is -1.22. The largest absolute Gasteiger partial charge is 0.389 e. The number of nitrogen functional groups attached to an aromatic ring is 1. The Balaban J connectivity index is 1.79. The van der Waals surface area contributed by atoms with Gasteiger partial charge in [-0.1, -0.05) is 30.3 Å². The van der Waals surface area contributed by atoms with Crippen LogP contribution in [0.2, 0.25) is 0 Å². The van der Waals surface area contributed by atoms with Crippen LogP contribution in [-0.2, 0) is 0 Å². The van der Waals surface area contributed by atoms with Gasteiger partial charge >= 0.3 is 6.03 Å². The first-order chi connectivity index (χ1) is 12.0. The van der Waals surface area contributed by atoms with Crippen LogP contribution in [0.25, 0.3) is 11.3 Å². The number of hydrogen-bond acceptors (Lipinski definition) is 6. The van der Waals surface area contributed by atoms with Gasteiger partial charge in [0.25, 0.3) is 0 Å². The van der Waals surface area contributed by atoms with E-state index in [1.807, 2.05) is 18.2 Å². The molecule has 2 amide bonds. The van der Waals surface area contributed by atoms with Gasteiger partial charge in [-0.25, -0.2) is 4.79 Å². The second-order valence-corrected chi connectivity index (χ2v) is 6.08. The summed E-state index contributed by atoms with van der Waals surface area (Å²) in [6.45, 7) is 0. The van der Waals surface area contributed by atoms with Crippen LogP contribution in [0.3, 0.4) is 0 Å². The zero-order chi connectivity index (χ0) is 17.8. The molecule has 0 aliphatic heterocycles. The van der Waals surface area contributed by atoms with E-state index in [0.29, 0.717) is 33.2 Å². The summed E-state index contributed by atoms with van der Waals surface area (Å²) in [4.78, 5) is 12.1. The molecule has 1 aromatic heterocycles. The Kier molecular flexibility index (Phi) is 4.94. The SMILES string of the molecule is Nc1snc(-c2cccc(NC(=O)Nc3ccccc3)c2)c1C(N)O. The Hall–Kier alpha value is -2.94. The number of anilines is 3. The summed E-state index contributed by atoms with van der Waals surface area (Å²) in [5.74, 6) is 0. The van der Waals surface area contributed by atoms with E-state index >= 15 is 0 Å². The molecule has 0 saturated carbocycles. The normalized spacial score (nSPS) is 11.8. The Morgan fingerprint density at radius 3 is 2.48 bits per heavy atom. The van der Waals surface area contributed by atoms with Crippen molar-refractivity contribution in [3.8, 4) is 11.3 Å². The van der Waals surface area contributed by atoms with Crippen LogP contribution in [0.15, 0.2) is 54.6 Å². The molecule has 8 heteroatoms. The van der Waals surface area contributed by atoms with E-state index in [9.17, 15) is 9.90 Å². The third-order valence-electron chi connectivity index (χ3n) is 3.48. The van der Waals surface area contributed by atoms with Gasteiger partial charge in [-0.15, -0.1) is 0 Å². The number of nitrogens with one attached hydrogen (secondary N) is 2. The summed E-state index contributed by atoms with van der Waals surface area (Å²) in [6, 6.07) is 15.8. The molecule has 0 radical (unpaired) electrons. The number of amides is 2. The molecular formula is C17H17N5O2S. The number of para-hydroxylation sites is 1. The zero-order valence-electron chi connectivity index (χ0n) is 13.1. The van der Waals surface area contributed by atoms with Crippen LogP contribution < -0.4 is 22.1 Å². The van der Waals surface area contributed by atoms with Crippen molar-refractivity contribution in [3.05, 3.63) is 60.2 Å². The van der Waals surface area contributed by atoms with E-state index < -0.39 is 6.23 Å². The van der Waals surface area contributed by atoms with Gasteiger partial charge in [-0.2, -0.15) is 4.37 Å². The molecule has 3 aromatic rings. The number of urea groups is 1. The number of aromatic nitrogens is 1. The number of benzene rings is 2. The first kappa shape index (κ1) is 16.9. The lowest BCUT2D eigenvalue weighted by molar-refractivity contribution is 0.188. The summed E-state index contributed by atoms with van der Waals surface area (Å²) >= 11 is 1.06. The van der Waals surface area contributed by atoms with E-state index in [0.717, 1.165) is 11.5 Å². The summed E-state index contributed by atoms with van der Waals surface area (Å²) < 4.78 is 4.24. The van der Waals surface area contributed by atoms with Crippen LogP contribution in [0.1, 0.15) is 11.8 Å². The number of carbonyl (C=O) groups excluding carboxylic acids is 1. The number of aliphatic hydroxyl groups excluding tert-OH is 1. The lowest BCUT2D eigenvalue weighted by Crippen LogP contribution is -2.19. The number of nitrogens with zero attached hydrogens (tertiary/aromatic N) is 1. The van der Waals surface area contributed by atoms with Crippen molar-refractivity contribution in [1.82, 2.24) is 4.37 Å². The molecular weight excluding hydrogens is 338 g/mol. The molecule has 3 rings (SSSR count). The first-order valence-electron chi connectivity index (χ1n) is 7.47. The van der Waals surface area contributed by atoms with E-state index in [4.69, 9.17) is 11.5 Å². The van der Waals surface area contributed by atoms with Gasteiger partial charge in [0.05, 0.1) is 11.3 Å². The van der Waals surface area contributed by atoms with Crippen LogP contribution in [0.4, 0.5) is 21.2 Å². The summed E-state index contributed by atoms with van der Waals surface area (Å²) in [7, 11) is 0. The summed E-state index contributed by atoms with van der Waals surface area (Å²) in [5.41, 5.74) is 14.2. The van der Waals surface area contributed by atoms with Gasteiger partial charge in [-0.3, -0.25) is 0 Å². The molecule has 1 unspecified atom stereocenters. The number of hydrogen-bond donors (Lipinski definition) is 5. The Labute approximate surface area is 148 Å². The zero-order valence-corrected chi connectivity index (χ0v) is 14.0. The van der Waals surface area contributed by atoms with E-state index in [1.165, 1.54) is 0 Å². The van der Waals surface area contributed by atoms with Crippen molar-refractivity contribution in [2.24, 2.45) is 5.73 Å². The average Bonchev–Trinajstić information content (AvgIpc) is 2.98. The highest BCUT2D eigenvalue weighted by Gasteiger charge is 2.18. The fraction of sp³-hybridized carbons (Fsp3) is 0.0588. The van der Waals surface area contributed by atoms with Gasteiger partial charge in [0.2, 0.25) is 0 Å². The third-order valence-corrected chi connectivity index (χ3v) is 4.17. The molecule has 1 heterocycles. The lowest BCUT2D eigenvalue weighted by atomic mass is 10.1. The Morgan fingerprint density at radius 1 is 1.08 bits per heavy atom. The smallest absolute Gasteiger partial charge is 0.323 e. The molecule has 7 nitrogen and oxygen atoms in total. The fourth-order valence-electron chi connectivity index (χ4n) is 2.36. The maximum atomic E-state index is 12.1. The third kappa shape index (κ3) is 3.94. The molecule has 128 valence electrons. The maximum Gasteiger partial charge on any atom is 0.323 e. The second kappa shape index (κ2) is 7.31. The van der Waals surface area contributed by atoms with E-state index in [-0.39, 0.29) is 6.03 Å². The van der Waals surface area contributed by atoms with Crippen LogP contribution in [0.5, 0.6) is 0 Å². The molecule has 0 bridgehead atoms. The van der Waals surface area contributed by atoms with Gasteiger partial charge in [0, 0.05) is 16.9 Å². The van der Waals surface area contributed by atoms with Gasteiger partial charge < -0.3 is 27.2 Å². The Bertz CT molecular complexity index is 880. The first-order valence-corrected chi connectivity index (χ1v) is 8.24. The minimum atomic E-state index is -1.22. The van der Waals surface area contributed by atoms with Gasteiger partial charge in [0.1, 0.15) is 11.2 Å². The van der Waals surface area contributed by atoms with Crippen molar-refractivity contribution in [1.29, 1.82) is 0 Å². The lowest BCUT2D eigenvalue weighted by Gasteiger charge is -2.10. The van der Waals surface area contributed by atoms with Crippen molar-refractivity contribution < 1.29 is 9.90 Å². The monoisotopic (exact) mass is 355 g/mol. The predicted molar refractivity (Wildman–Crippen MR) is 100 cm³/mol. The van der Waals surface area contributed by atoms with Crippen molar-refractivity contribution in [3.63, 3.8) is 0 Å². The van der Waals surface area contributed by atoms with Crippen molar-refractivity contribution >= 4 is 33.9 Å². The quantitative estimate of drug-likeness (QED) is 0.460. The molecule has 2 aromatic carbocycles. The number of rotatable bonds is 4. The average molecular weight is 355 g/mol. The minimum Gasteiger partial charge on any atom is -0.389 e.